The lowest BCUT2D eigenvalue weighted by Gasteiger charge is -2.36. The van der Waals surface area contributed by atoms with Gasteiger partial charge in [0.05, 0.1) is 6.61 Å². The van der Waals surface area contributed by atoms with Crippen LogP contribution in [0.5, 0.6) is 0 Å². The number of piperazine rings is 1. The maximum atomic E-state index is 8.91. The largest absolute Gasteiger partial charge is 0.395 e. The third-order valence-corrected chi connectivity index (χ3v) is 3.64. The number of hydrogen-bond donors (Lipinski definition) is 1. The first kappa shape index (κ1) is 12.4. The number of aliphatic hydroxyl groups is 1. The van der Waals surface area contributed by atoms with Gasteiger partial charge in [-0.1, -0.05) is 6.07 Å². The van der Waals surface area contributed by atoms with Gasteiger partial charge in [-0.3, -0.25) is 4.90 Å². The van der Waals surface area contributed by atoms with Gasteiger partial charge in [0.1, 0.15) is 0 Å². The lowest BCUT2D eigenvalue weighted by molar-refractivity contribution is 0.189. The summed E-state index contributed by atoms with van der Waals surface area (Å²) in [6, 6.07) is 6.69. The van der Waals surface area contributed by atoms with Gasteiger partial charge in [0.2, 0.25) is 0 Å². The van der Waals surface area contributed by atoms with Crippen molar-refractivity contribution in [2.45, 2.75) is 13.8 Å². The second-order valence-corrected chi connectivity index (χ2v) is 4.82. The minimum atomic E-state index is 0.267. The summed E-state index contributed by atoms with van der Waals surface area (Å²) in [7, 11) is 0. The number of aliphatic hydroxyl groups excluding tert-OH is 1. The summed E-state index contributed by atoms with van der Waals surface area (Å²) >= 11 is 0. The molecule has 0 radical (unpaired) electrons. The molecule has 2 rings (SSSR count). The van der Waals surface area contributed by atoms with Crippen LogP contribution in [0.4, 0.5) is 5.69 Å². The van der Waals surface area contributed by atoms with Gasteiger partial charge in [-0.25, -0.2) is 0 Å². The molecule has 1 aromatic rings. The minimum Gasteiger partial charge on any atom is -0.395 e. The molecule has 1 N–H and O–H groups in total. The first-order chi connectivity index (χ1) is 8.20. The molecule has 0 aromatic heterocycles. The number of aryl methyl sites for hydroxylation is 2. The second-order valence-electron chi connectivity index (χ2n) is 4.82. The fourth-order valence-corrected chi connectivity index (χ4v) is 2.29. The van der Waals surface area contributed by atoms with Gasteiger partial charge in [0.25, 0.3) is 0 Å². The van der Waals surface area contributed by atoms with E-state index < -0.39 is 0 Å². The molecule has 0 spiro atoms. The number of β-amino-alcohol motifs (C(OH)–C–C–N with tert-alkyl or cyclic N) is 1. The molecule has 17 heavy (non-hydrogen) atoms. The van der Waals surface area contributed by atoms with Crippen molar-refractivity contribution in [1.29, 1.82) is 0 Å². The van der Waals surface area contributed by atoms with Crippen molar-refractivity contribution in [2.24, 2.45) is 0 Å². The summed E-state index contributed by atoms with van der Waals surface area (Å²) in [6.45, 7) is 9.61. The van der Waals surface area contributed by atoms with Crippen LogP contribution in [0.25, 0.3) is 0 Å². The zero-order valence-electron chi connectivity index (χ0n) is 10.8. The highest BCUT2D eigenvalue weighted by Crippen LogP contribution is 2.20. The molecule has 1 saturated heterocycles. The zero-order valence-corrected chi connectivity index (χ0v) is 10.8. The molecule has 3 nitrogen and oxygen atoms in total. The summed E-state index contributed by atoms with van der Waals surface area (Å²) in [6.07, 6.45) is 0. The van der Waals surface area contributed by atoms with E-state index in [1.165, 1.54) is 16.8 Å². The molecule has 0 aliphatic carbocycles. The second kappa shape index (κ2) is 5.52. The van der Waals surface area contributed by atoms with Crippen LogP contribution in [-0.2, 0) is 0 Å². The first-order valence-corrected chi connectivity index (χ1v) is 6.36. The van der Waals surface area contributed by atoms with E-state index in [1.807, 2.05) is 0 Å². The Bertz CT molecular complexity index is 370. The smallest absolute Gasteiger partial charge is 0.0558 e. The molecular formula is C14H22N2O. The Morgan fingerprint density at radius 3 is 2.35 bits per heavy atom. The maximum Gasteiger partial charge on any atom is 0.0558 e. The number of nitrogens with zero attached hydrogens (tertiary/aromatic N) is 2. The molecule has 0 amide bonds. The maximum absolute atomic E-state index is 8.91. The third-order valence-electron chi connectivity index (χ3n) is 3.64. The SMILES string of the molecule is Cc1ccc(N2CCN(CCO)CC2)cc1C. The van der Waals surface area contributed by atoms with E-state index >= 15 is 0 Å². The van der Waals surface area contributed by atoms with Crippen LogP contribution in [-0.4, -0.2) is 49.3 Å². The average Bonchev–Trinajstić information content (AvgIpc) is 2.34. The van der Waals surface area contributed by atoms with Crippen LogP contribution in [0.2, 0.25) is 0 Å². The van der Waals surface area contributed by atoms with Crippen molar-refractivity contribution >= 4 is 5.69 Å². The van der Waals surface area contributed by atoms with Crippen LogP contribution in [0.15, 0.2) is 18.2 Å². The predicted octanol–water partition coefficient (Wildman–Crippen LogP) is 1.42. The zero-order chi connectivity index (χ0) is 12.3. The molecule has 1 aliphatic rings. The van der Waals surface area contributed by atoms with Crippen LogP contribution in [0.3, 0.4) is 0 Å². The van der Waals surface area contributed by atoms with Crippen molar-refractivity contribution in [3.63, 3.8) is 0 Å². The molecule has 0 atom stereocenters. The number of anilines is 1. The van der Waals surface area contributed by atoms with Gasteiger partial charge >= 0.3 is 0 Å². The molecule has 0 bridgehead atoms. The number of hydrogen-bond acceptors (Lipinski definition) is 3. The predicted molar refractivity (Wildman–Crippen MR) is 71.7 cm³/mol. The number of rotatable bonds is 3. The molecule has 3 heteroatoms. The van der Waals surface area contributed by atoms with Gasteiger partial charge in [-0.05, 0) is 37.1 Å². The molecule has 1 fully saturated rings. The summed E-state index contributed by atoms with van der Waals surface area (Å²) in [4.78, 5) is 4.75. The lowest BCUT2D eigenvalue weighted by Crippen LogP contribution is -2.47. The van der Waals surface area contributed by atoms with Crippen molar-refractivity contribution < 1.29 is 5.11 Å². The standard InChI is InChI=1S/C14H22N2O/c1-12-3-4-14(11-13(12)2)16-7-5-15(6-8-16)9-10-17/h3-4,11,17H,5-10H2,1-2H3. The molecule has 1 aromatic carbocycles. The van der Waals surface area contributed by atoms with Gasteiger partial charge in [-0.2, -0.15) is 0 Å². The Hall–Kier alpha value is -1.06. The quantitative estimate of drug-likeness (QED) is 0.857. The normalized spacial score (nSPS) is 17.5. The molecule has 1 heterocycles. The van der Waals surface area contributed by atoms with E-state index in [2.05, 4.69) is 41.8 Å². The Labute approximate surface area is 104 Å². The van der Waals surface area contributed by atoms with E-state index in [1.54, 1.807) is 0 Å². The Kier molecular flexibility index (Phi) is 4.02. The first-order valence-electron chi connectivity index (χ1n) is 6.36. The van der Waals surface area contributed by atoms with E-state index in [-0.39, 0.29) is 6.61 Å². The fraction of sp³-hybridized carbons (Fsp3) is 0.571. The van der Waals surface area contributed by atoms with Crippen molar-refractivity contribution in [2.75, 3.05) is 44.2 Å². The fourth-order valence-electron chi connectivity index (χ4n) is 2.29. The van der Waals surface area contributed by atoms with Crippen molar-refractivity contribution in [1.82, 2.24) is 4.90 Å². The number of benzene rings is 1. The lowest BCUT2D eigenvalue weighted by atomic mass is 10.1. The minimum absolute atomic E-state index is 0.267. The summed E-state index contributed by atoms with van der Waals surface area (Å²) in [5, 5.41) is 8.91. The Morgan fingerprint density at radius 1 is 1.06 bits per heavy atom. The van der Waals surface area contributed by atoms with Crippen LogP contribution < -0.4 is 4.90 Å². The summed E-state index contributed by atoms with van der Waals surface area (Å²) in [5.41, 5.74) is 4.05. The molecule has 0 unspecified atom stereocenters. The highest BCUT2D eigenvalue weighted by atomic mass is 16.3. The Balaban J connectivity index is 1.98. The molecule has 94 valence electrons. The van der Waals surface area contributed by atoms with E-state index in [0.717, 1.165) is 32.7 Å². The third kappa shape index (κ3) is 2.99. The molecule has 1 aliphatic heterocycles. The summed E-state index contributed by atoms with van der Waals surface area (Å²) < 4.78 is 0. The monoisotopic (exact) mass is 234 g/mol. The average molecular weight is 234 g/mol. The van der Waals surface area contributed by atoms with Crippen molar-refractivity contribution in [3.8, 4) is 0 Å². The topological polar surface area (TPSA) is 26.7 Å². The van der Waals surface area contributed by atoms with Crippen LogP contribution in [0, 0.1) is 13.8 Å². The van der Waals surface area contributed by atoms with Gasteiger partial charge in [0, 0.05) is 38.4 Å². The molecular weight excluding hydrogens is 212 g/mol. The van der Waals surface area contributed by atoms with E-state index in [0.29, 0.717) is 0 Å². The summed E-state index contributed by atoms with van der Waals surface area (Å²) in [5.74, 6) is 0. The van der Waals surface area contributed by atoms with Gasteiger partial charge < -0.3 is 10.0 Å². The van der Waals surface area contributed by atoms with Crippen molar-refractivity contribution in [3.05, 3.63) is 29.3 Å². The molecule has 0 saturated carbocycles. The Morgan fingerprint density at radius 2 is 1.76 bits per heavy atom. The van der Waals surface area contributed by atoms with Crippen LogP contribution >= 0.6 is 0 Å². The van der Waals surface area contributed by atoms with Gasteiger partial charge in [0.15, 0.2) is 0 Å². The van der Waals surface area contributed by atoms with E-state index in [4.69, 9.17) is 5.11 Å². The van der Waals surface area contributed by atoms with Crippen LogP contribution in [0.1, 0.15) is 11.1 Å². The highest BCUT2D eigenvalue weighted by molar-refractivity contribution is 5.50. The van der Waals surface area contributed by atoms with Gasteiger partial charge in [-0.15, -0.1) is 0 Å². The van der Waals surface area contributed by atoms with E-state index in [9.17, 15) is 0 Å². The highest BCUT2D eigenvalue weighted by Gasteiger charge is 2.16.